The molecule has 0 unspecified atom stereocenters. The van der Waals surface area contributed by atoms with Crippen molar-refractivity contribution in [1.82, 2.24) is 4.98 Å². The summed E-state index contributed by atoms with van der Waals surface area (Å²) in [6, 6.07) is 2.69. The Balaban J connectivity index is 3.13. The molecule has 11 heavy (non-hydrogen) atoms. The quantitative estimate of drug-likeness (QED) is 0.680. The molecule has 2 nitrogen and oxygen atoms in total. The van der Waals surface area contributed by atoms with Gasteiger partial charge in [-0.25, -0.2) is 13.8 Å². The van der Waals surface area contributed by atoms with Crippen LogP contribution in [-0.4, -0.2) is 10.1 Å². The third kappa shape index (κ3) is 1.63. The van der Waals surface area contributed by atoms with Gasteiger partial charge in [-0.1, -0.05) is 0 Å². The minimum atomic E-state index is -2.71. The monoisotopic (exact) mass is 159 g/mol. The number of aryl methyl sites for hydroxylation is 1. The Kier molecular flexibility index (Phi) is 2.03. The predicted molar refractivity (Wildman–Crippen MR) is 35.6 cm³/mol. The molecule has 0 saturated carbocycles. The number of alkyl halides is 2. The van der Waals surface area contributed by atoms with Gasteiger partial charge < -0.3 is 5.11 Å². The minimum absolute atomic E-state index is 0.453. The average Bonchev–Trinajstić information content (AvgIpc) is 1.94. The third-order valence-corrected chi connectivity index (χ3v) is 1.25. The Hall–Kier alpha value is -1.19. The molecule has 1 rings (SSSR count). The average molecular weight is 159 g/mol. The van der Waals surface area contributed by atoms with Crippen LogP contribution in [0.3, 0.4) is 0 Å². The van der Waals surface area contributed by atoms with Gasteiger partial charge in [0.05, 0.1) is 0 Å². The molecule has 0 saturated heterocycles. The maximum Gasteiger partial charge on any atom is 0.284 e. The largest absolute Gasteiger partial charge is 0.506 e. The van der Waals surface area contributed by atoms with E-state index in [1.165, 1.54) is 12.1 Å². The number of hydrogen-bond donors (Lipinski definition) is 1. The molecule has 1 aromatic heterocycles. The van der Waals surface area contributed by atoms with Crippen LogP contribution in [0.4, 0.5) is 8.78 Å². The fraction of sp³-hybridized carbons (Fsp3) is 0.286. The zero-order valence-corrected chi connectivity index (χ0v) is 5.88. The van der Waals surface area contributed by atoms with Crippen LogP contribution in [0.15, 0.2) is 12.1 Å². The standard InChI is InChI=1S/C7H7F2NO/c1-4-2-3-5(11)6(10-4)7(8)9/h2-3,7,11H,1H3. The van der Waals surface area contributed by atoms with E-state index in [4.69, 9.17) is 5.11 Å². The van der Waals surface area contributed by atoms with E-state index in [1.54, 1.807) is 6.92 Å². The number of rotatable bonds is 1. The number of halogens is 2. The third-order valence-electron chi connectivity index (χ3n) is 1.25. The van der Waals surface area contributed by atoms with Gasteiger partial charge in [-0.15, -0.1) is 0 Å². The van der Waals surface area contributed by atoms with Crippen LogP contribution in [0.2, 0.25) is 0 Å². The molecule has 0 aromatic carbocycles. The first kappa shape index (κ1) is 7.91. The van der Waals surface area contributed by atoms with Crippen LogP contribution in [0.5, 0.6) is 5.75 Å². The predicted octanol–water partition coefficient (Wildman–Crippen LogP) is 2.03. The highest BCUT2D eigenvalue weighted by Crippen LogP contribution is 2.25. The van der Waals surface area contributed by atoms with E-state index in [-0.39, 0.29) is 0 Å². The second-order valence-corrected chi connectivity index (χ2v) is 2.16. The van der Waals surface area contributed by atoms with E-state index in [1.807, 2.05) is 0 Å². The Labute approximate surface area is 62.5 Å². The van der Waals surface area contributed by atoms with Crippen molar-refractivity contribution >= 4 is 0 Å². The number of hydrogen-bond acceptors (Lipinski definition) is 2. The van der Waals surface area contributed by atoms with Crippen molar-refractivity contribution in [2.45, 2.75) is 13.3 Å². The zero-order valence-electron chi connectivity index (χ0n) is 5.88. The van der Waals surface area contributed by atoms with Gasteiger partial charge in [-0.05, 0) is 19.1 Å². The molecule has 0 radical (unpaired) electrons. The molecule has 0 bridgehead atoms. The smallest absolute Gasteiger partial charge is 0.284 e. The van der Waals surface area contributed by atoms with Gasteiger partial charge in [0.2, 0.25) is 0 Å². The highest BCUT2D eigenvalue weighted by atomic mass is 19.3. The molecule has 0 spiro atoms. The van der Waals surface area contributed by atoms with E-state index in [9.17, 15) is 8.78 Å². The van der Waals surface area contributed by atoms with Gasteiger partial charge in [0.15, 0.2) is 0 Å². The van der Waals surface area contributed by atoms with E-state index >= 15 is 0 Å². The molecule has 0 aliphatic heterocycles. The van der Waals surface area contributed by atoms with Gasteiger partial charge in [0.25, 0.3) is 6.43 Å². The number of nitrogens with zero attached hydrogens (tertiary/aromatic N) is 1. The molecule has 0 aliphatic rings. The van der Waals surface area contributed by atoms with Crippen LogP contribution >= 0.6 is 0 Å². The molecule has 1 aromatic rings. The normalized spacial score (nSPS) is 10.5. The number of aromatic nitrogens is 1. The summed E-state index contributed by atoms with van der Waals surface area (Å²) < 4.78 is 24.0. The lowest BCUT2D eigenvalue weighted by Gasteiger charge is -2.01. The minimum Gasteiger partial charge on any atom is -0.506 e. The molecule has 1 N–H and O–H groups in total. The number of aromatic hydroxyl groups is 1. The first-order chi connectivity index (χ1) is 5.11. The Morgan fingerprint density at radius 1 is 1.45 bits per heavy atom. The van der Waals surface area contributed by atoms with Crippen molar-refractivity contribution in [2.75, 3.05) is 0 Å². The van der Waals surface area contributed by atoms with E-state index < -0.39 is 17.9 Å². The summed E-state index contributed by atoms with van der Waals surface area (Å²) in [5.41, 5.74) is -0.0805. The van der Waals surface area contributed by atoms with Crippen molar-refractivity contribution in [3.05, 3.63) is 23.5 Å². The van der Waals surface area contributed by atoms with Crippen molar-refractivity contribution in [3.8, 4) is 5.75 Å². The topological polar surface area (TPSA) is 33.1 Å². The van der Waals surface area contributed by atoms with Crippen molar-refractivity contribution in [3.63, 3.8) is 0 Å². The summed E-state index contributed by atoms with van der Waals surface area (Å²) in [5.74, 6) is -0.453. The molecule has 4 heteroatoms. The molecule has 60 valence electrons. The first-order valence-electron chi connectivity index (χ1n) is 3.06. The zero-order chi connectivity index (χ0) is 8.43. The van der Waals surface area contributed by atoms with E-state index in [0.29, 0.717) is 5.69 Å². The SMILES string of the molecule is Cc1ccc(O)c(C(F)F)n1. The van der Waals surface area contributed by atoms with Gasteiger partial charge >= 0.3 is 0 Å². The molecule has 0 aliphatic carbocycles. The van der Waals surface area contributed by atoms with Crippen molar-refractivity contribution < 1.29 is 13.9 Å². The maximum absolute atomic E-state index is 12.0. The lowest BCUT2D eigenvalue weighted by molar-refractivity contribution is 0.141. The first-order valence-corrected chi connectivity index (χ1v) is 3.06. The van der Waals surface area contributed by atoms with Crippen LogP contribution in [0.1, 0.15) is 17.8 Å². The Morgan fingerprint density at radius 2 is 2.09 bits per heavy atom. The second kappa shape index (κ2) is 2.82. The van der Waals surface area contributed by atoms with Gasteiger partial charge in [0.1, 0.15) is 11.4 Å². The Bertz CT molecular complexity index is 263. The van der Waals surface area contributed by atoms with E-state index in [0.717, 1.165) is 0 Å². The van der Waals surface area contributed by atoms with Crippen LogP contribution in [0.25, 0.3) is 0 Å². The van der Waals surface area contributed by atoms with Crippen molar-refractivity contribution in [1.29, 1.82) is 0 Å². The second-order valence-electron chi connectivity index (χ2n) is 2.16. The fourth-order valence-corrected chi connectivity index (χ4v) is 0.730. The number of pyridine rings is 1. The van der Waals surface area contributed by atoms with Crippen LogP contribution in [0, 0.1) is 6.92 Å². The summed E-state index contributed by atoms with van der Waals surface area (Å²) in [7, 11) is 0. The summed E-state index contributed by atoms with van der Waals surface area (Å²) >= 11 is 0. The lowest BCUT2D eigenvalue weighted by atomic mass is 10.3. The summed E-state index contributed by atoms with van der Waals surface area (Å²) in [5, 5.41) is 8.86. The molecule has 0 atom stereocenters. The van der Waals surface area contributed by atoms with Crippen LogP contribution in [-0.2, 0) is 0 Å². The highest BCUT2D eigenvalue weighted by Gasteiger charge is 2.13. The summed E-state index contributed by atoms with van der Waals surface area (Å²) in [6.07, 6.45) is -2.71. The molecule has 0 amide bonds. The molecule has 0 fully saturated rings. The maximum atomic E-state index is 12.0. The summed E-state index contributed by atoms with van der Waals surface area (Å²) in [4.78, 5) is 3.47. The Morgan fingerprint density at radius 3 is 2.55 bits per heavy atom. The van der Waals surface area contributed by atoms with Crippen LogP contribution < -0.4 is 0 Å². The van der Waals surface area contributed by atoms with Gasteiger partial charge in [-0.2, -0.15) is 0 Å². The highest BCUT2D eigenvalue weighted by molar-refractivity contribution is 5.28. The molecule has 1 heterocycles. The fourth-order valence-electron chi connectivity index (χ4n) is 0.730. The molecular weight excluding hydrogens is 152 g/mol. The van der Waals surface area contributed by atoms with Gasteiger partial charge in [-0.3, -0.25) is 0 Å². The molecular formula is C7H7F2NO. The van der Waals surface area contributed by atoms with E-state index in [2.05, 4.69) is 4.98 Å². The lowest BCUT2D eigenvalue weighted by Crippen LogP contribution is -1.92. The summed E-state index contributed by atoms with van der Waals surface area (Å²) in [6.45, 7) is 1.59. The van der Waals surface area contributed by atoms with Gasteiger partial charge in [0, 0.05) is 5.69 Å². The van der Waals surface area contributed by atoms with Crippen molar-refractivity contribution in [2.24, 2.45) is 0 Å².